The van der Waals surface area contributed by atoms with Gasteiger partial charge in [-0.2, -0.15) is 0 Å². The molecule has 5 nitrogen and oxygen atoms in total. The van der Waals surface area contributed by atoms with Crippen molar-refractivity contribution in [2.24, 2.45) is 0 Å². The number of methoxy groups -OCH3 is 1. The first kappa shape index (κ1) is 17.0. The number of aliphatic hydroxyl groups is 1. The lowest BCUT2D eigenvalue weighted by Crippen LogP contribution is -2.39. The molecule has 0 radical (unpaired) electrons. The van der Waals surface area contributed by atoms with Crippen molar-refractivity contribution in [2.45, 2.75) is 30.3 Å². The van der Waals surface area contributed by atoms with Gasteiger partial charge in [-0.25, -0.2) is 13.1 Å². The van der Waals surface area contributed by atoms with Crippen LogP contribution in [0.1, 0.15) is 23.1 Å². The molecule has 3 rings (SSSR count). The van der Waals surface area contributed by atoms with Crippen molar-refractivity contribution in [3.05, 3.63) is 59.2 Å². The third-order valence-electron chi connectivity index (χ3n) is 4.55. The number of nitrogens with one attached hydrogen (secondary N) is 1. The van der Waals surface area contributed by atoms with Gasteiger partial charge in [0, 0.05) is 6.54 Å². The van der Waals surface area contributed by atoms with Gasteiger partial charge in [0.15, 0.2) is 0 Å². The molecular formula is C18H21NO4S. The summed E-state index contributed by atoms with van der Waals surface area (Å²) in [6.45, 7) is 1.68. The van der Waals surface area contributed by atoms with Gasteiger partial charge in [-0.1, -0.05) is 24.3 Å². The Bertz CT molecular complexity index is 863. The Morgan fingerprint density at radius 1 is 1.25 bits per heavy atom. The maximum atomic E-state index is 12.6. The molecular weight excluding hydrogens is 326 g/mol. The number of ether oxygens (including phenoxy) is 1. The van der Waals surface area contributed by atoms with Crippen LogP contribution in [0.3, 0.4) is 0 Å². The molecule has 0 bridgehead atoms. The minimum Gasteiger partial charge on any atom is -0.497 e. The highest BCUT2D eigenvalue weighted by Crippen LogP contribution is 2.36. The predicted molar refractivity (Wildman–Crippen MR) is 91.6 cm³/mol. The quantitative estimate of drug-likeness (QED) is 0.869. The van der Waals surface area contributed by atoms with Crippen LogP contribution >= 0.6 is 0 Å². The first-order chi connectivity index (χ1) is 11.4. The summed E-state index contributed by atoms with van der Waals surface area (Å²) in [5, 5.41) is 10.9. The van der Waals surface area contributed by atoms with E-state index in [1.165, 1.54) is 13.2 Å². The summed E-state index contributed by atoms with van der Waals surface area (Å²) < 4.78 is 32.9. The van der Waals surface area contributed by atoms with Gasteiger partial charge in [0.25, 0.3) is 0 Å². The van der Waals surface area contributed by atoms with Crippen LogP contribution in [-0.2, 0) is 22.0 Å². The monoisotopic (exact) mass is 347 g/mol. The van der Waals surface area contributed by atoms with Crippen molar-refractivity contribution in [3.8, 4) is 5.75 Å². The highest BCUT2D eigenvalue weighted by molar-refractivity contribution is 7.89. The molecule has 128 valence electrons. The van der Waals surface area contributed by atoms with E-state index in [1.807, 2.05) is 24.3 Å². The van der Waals surface area contributed by atoms with E-state index in [4.69, 9.17) is 4.74 Å². The minimum atomic E-state index is -3.71. The molecule has 2 aromatic carbocycles. The topological polar surface area (TPSA) is 75.6 Å². The van der Waals surface area contributed by atoms with Gasteiger partial charge in [0.2, 0.25) is 10.0 Å². The second-order valence-corrected chi connectivity index (χ2v) is 7.88. The molecule has 0 aromatic heterocycles. The fourth-order valence-corrected chi connectivity index (χ4v) is 4.51. The summed E-state index contributed by atoms with van der Waals surface area (Å²) in [5.74, 6) is 0.606. The van der Waals surface area contributed by atoms with Crippen LogP contribution in [-0.4, -0.2) is 27.2 Å². The van der Waals surface area contributed by atoms with Gasteiger partial charge >= 0.3 is 0 Å². The molecule has 0 amide bonds. The van der Waals surface area contributed by atoms with E-state index in [0.717, 1.165) is 17.5 Å². The van der Waals surface area contributed by atoms with E-state index >= 15 is 0 Å². The second kappa shape index (κ2) is 6.20. The molecule has 0 fully saturated rings. The highest BCUT2D eigenvalue weighted by Gasteiger charge is 2.37. The molecule has 2 aromatic rings. The zero-order valence-electron chi connectivity index (χ0n) is 13.7. The molecule has 0 heterocycles. The minimum absolute atomic E-state index is 0.0438. The summed E-state index contributed by atoms with van der Waals surface area (Å²) in [6.07, 6.45) is 1.26. The van der Waals surface area contributed by atoms with E-state index in [9.17, 15) is 13.5 Å². The summed E-state index contributed by atoms with van der Waals surface area (Å²) >= 11 is 0. The number of fused-ring (bicyclic) bond motifs is 1. The largest absolute Gasteiger partial charge is 0.497 e. The predicted octanol–water partition coefficient (Wildman–Crippen LogP) is 2.12. The van der Waals surface area contributed by atoms with Gasteiger partial charge in [-0.3, -0.25) is 0 Å². The Morgan fingerprint density at radius 2 is 2.00 bits per heavy atom. The van der Waals surface area contributed by atoms with Crippen molar-refractivity contribution in [2.75, 3.05) is 13.7 Å². The van der Waals surface area contributed by atoms with Crippen LogP contribution in [0.15, 0.2) is 47.4 Å². The third kappa shape index (κ3) is 3.05. The molecule has 24 heavy (non-hydrogen) atoms. The van der Waals surface area contributed by atoms with Gasteiger partial charge in [0.05, 0.1) is 12.0 Å². The highest BCUT2D eigenvalue weighted by atomic mass is 32.2. The lowest BCUT2D eigenvalue weighted by Gasteiger charge is -2.24. The molecule has 1 atom stereocenters. The normalized spacial score (nSPS) is 20.0. The molecule has 1 unspecified atom stereocenters. The van der Waals surface area contributed by atoms with E-state index in [-0.39, 0.29) is 11.4 Å². The Hall–Kier alpha value is -1.89. The van der Waals surface area contributed by atoms with E-state index in [1.54, 1.807) is 19.1 Å². The average Bonchev–Trinajstić information content (AvgIpc) is 2.91. The van der Waals surface area contributed by atoms with Crippen molar-refractivity contribution in [1.29, 1.82) is 0 Å². The summed E-state index contributed by atoms with van der Waals surface area (Å²) in [4.78, 5) is 0.193. The van der Waals surface area contributed by atoms with E-state index < -0.39 is 15.6 Å². The number of sulfonamides is 1. The first-order valence-electron chi connectivity index (χ1n) is 7.81. The molecule has 0 saturated carbocycles. The Labute approximate surface area is 142 Å². The number of rotatable bonds is 5. The fourth-order valence-electron chi connectivity index (χ4n) is 3.19. The molecule has 0 saturated heterocycles. The Kier molecular flexibility index (Phi) is 4.38. The van der Waals surface area contributed by atoms with Crippen LogP contribution in [0.25, 0.3) is 0 Å². The Balaban J connectivity index is 1.81. The summed E-state index contributed by atoms with van der Waals surface area (Å²) in [5.41, 5.74) is 1.31. The van der Waals surface area contributed by atoms with Crippen molar-refractivity contribution < 1.29 is 18.3 Å². The van der Waals surface area contributed by atoms with Gasteiger partial charge in [-0.05, 0) is 54.7 Å². The molecule has 0 spiro atoms. The summed E-state index contributed by atoms with van der Waals surface area (Å²) in [7, 11) is -2.17. The maximum absolute atomic E-state index is 12.6. The first-order valence-corrected chi connectivity index (χ1v) is 9.29. The van der Waals surface area contributed by atoms with Gasteiger partial charge in [-0.15, -0.1) is 0 Å². The molecule has 0 aliphatic heterocycles. The van der Waals surface area contributed by atoms with Crippen LogP contribution in [0.5, 0.6) is 5.75 Å². The van der Waals surface area contributed by atoms with E-state index in [0.29, 0.717) is 17.7 Å². The lowest BCUT2D eigenvalue weighted by atomic mass is 9.96. The Morgan fingerprint density at radius 3 is 2.71 bits per heavy atom. The number of aryl methyl sites for hydroxylation is 2. The van der Waals surface area contributed by atoms with Gasteiger partial charge < -0.3 is 9.84 Å². The number of hydrogen-bond acceptors (Lipinski definition) is 4. The van der Waals surface area contributed by atoms with Crippen LogP contribution in [0, 0.1) is 6.92 Å². The van der Waals surface area contributed by atoms with Crippen LogP contribution in [0.4, 0.5) is 0 Å². The van der Waals surface area contributed by atoms with Gasteiger partial charge in [0.1, 0.15) is 11.4 Å². The smallest absolute Gasteiger partial charge is 0.240 e. The summed E-state index contributed by atoms with van der Waals surface area (Å²) in [6, 6.07) is 12.4. The van der Waals surface area contributed by atoms with E-state index in [2.05, 4.69) is 4.72 Å². The van der Waals surface area contributed by atoms with Crippen LogP contribution in [0.2, 0.25) is 0 Å². The number of benzene rings is 2. The molecule has 1 aliphatic carbocycles. The van der Waals surface area contributed by atoms with Crippen molar-refractivity contribution in [1.82, 2.24) is 4.72 Å². The standard InChI is InChI=1S/C18H21NO4S/c1-13-11-15(23-2)7-8-17(13)24(21,22)19-12-18(20)10-9-14-5-3-4-6-16(14)18/h3-8,11,19-20H,9-10,12H2,1-2H3. The molecule has 1 aliphatic rings. The van der Waals surface area contributed by atoms with Crippen molar-refractivity contribution in [3.63, 3.8) is 0 Å². The number of hydrogen-bond donors (Lipinski definition) is 2. The fraction of sp³-hybridized carbons (Fsp3) is 0.333. The van der Waals surface area contributed by atoms with Crippen LogP contribution < -0.4 is 9.46 Å². The van der Waals surface area contributed by atoms with Crippen molar-refractivity contribution >= 4 is 10.0 Å². The molecule has 6 heteroatoms. The molecule has 2 N–H and O–H groups in total. The third-order valence-corrected chi connectivity index (χ3v) is 6.11. The lowest BCUT2D eigenvalue weighted by molar-refractivity contribution is 0.0442. The zero-order chi connectivity index (χ0) is 17.4. The zero-order valence-corrected chi connectivity index (χ0v) is 14.6. The SMILES string of the molecule is COc1ccc(S(=O)(=O)NCC2(O)CCc3ccccc32)c(C)c1. The maximum Gasteiger partial charge on any atom is 0.240 e. The average molecular weight is 347 g/mol. The second-order valence-electron chi connectivity index (χ2n) is 6.14.